The van der Waals surface area contributed by atoms with Crippen molar-refractivity contribution in [2.45, 2.75) is 26.2 Å². The summed E-state index contributed by atoms with van der Waals surface area (Å²) >= 11 is 0. The third-order valence-electron chi connectivity index (χ3n) is 3.69. The molecule has 0 radical (unpaired) electrons. The molecule has 0 saturated carbocycles. The van der Waals surface area contributed by atoms with Crippen molar-refractivity contribution in [1.29, 1.82) is 0 Å². The minimum atomic E-state index is 0.0688. The Morgan fingerprint density at radius 1 is 1.50 bits per heavy atom. The van der Waals surface area contributed by atoms with E-state index < -0.39 is 0 Å². The molecule has 2 N–H and O–H groups in total. The van der Waals surface area contributed by atoms with Gasteiger partial charge in [0.05, 0.1) is 0 Å². The number of piperidine rings is 1. The van der Waals surface area contributed by atoms with Gasteiger partial charge in [-0.1, -0.05) is 6.07 Å². The number of hydrogen-bond donors (Lipinski definition) is 1. The van der Waals surface area contributed by atoms with Crippen LogP contribution in [0.15, 0.2) is 18.3 Å². The molecule has 0 aliphatic carbocycles. The Hall–Kier alpha value is -1.42. The molecule has 1 fully saturated rings. The summed E-state index contributed by atoms with van der Waals surface area (Å²) in [5.41, 5.74) is 7.12. The smallest absolute Gasteiger partial charge is 0.272 e. The van der Waals surface area contributed by atoms with Crippen LogP contribution in [0.3, 0.4) is 0 Å². The highest BCUT2D eigenvalue weighted by Crippen LogP contribution is 2.21. The van der Waals surface area contributed by atoms with Gasteiger partial charge < -0.3 is 10.6 Å². The van der Waals surface area contributed by atoms with Gasteiger partial charge in [0.25, 0.3) is 5.91 Å². The lowest BCUT2D eigenvalue weighted by molar-refractivity contribution is 0.0681. The molecule has 1 aliphatic rings. The van der Waals surface area contributed by atoms with Gasteiger partial charge in [0.2, 0.25) is 0 Å². The highest BCUT2D eigenvalue weighted by Gasteiger charge is 2.24. The van der Waals surface area contributed by atoms with E-state index in [2.05, 4.69) is 4.98 Å². The molecule has 98 valence electrons. The topological polar surface area (TPSA) is 59.2 Å². The molecule has 1 aromatic rings. The minimum absolute atomic E-state index is 0.0688. The maximum Gasteiger partial charge on any atom is 0.272 e. The minimum Gasteiger partial charge on any atom is -0.337 e. The summed E-state index contributed by atoms with van der Waals surface area (Å²) in [4.78, 5) is 18.4. The molecule has 4 heteroatoms. The van der Waals surface area contributed by atoms with E-state index >= 15 is 0 Å². The lowest BCUT2D eigenvalue weighted by Crippen LogP contribution is -2.39. The second kappa shape index (κ2) is 5.96. The largest absolute Gasteiger partial charge is 0.337 e. The summed E-state index contributed by atoms with van der Waals surface area (Å²) in [5, 5.41) is 0. The van der Waals surface area contributed by atoms with Crippen LogP contribution in [-0.2, 0) is 0 Å². The van der Waals surface area contributed by atoms with Crippen molar-refractivity contribution in [3.63, 3.8) is 0 Å². The SMILES string of the molecule is Cc1cccnc1C(=O)N1CCC(CCN)CC1. The van der Waals surface area contributed by atoms with Gasteiger partial charge in [0.1, 0.15) is 5.69 Å². The van der Waals surface area contributed by atoms with Crippen LogP contribution < -0.4 is 5.73 Å². The van der Waals surface area contributed by atoms with Crippen LogP contribution in [0.1, 0.15) is 35.3 Å². The van der Waals surface area contributed by atoms with Crippen molar-refractivity contribution < 1.29 is 4.79 Å². The molecule has 0 spiro atoms. The standard InChI is InChI=1S/C14H21N3O/c1-11-3-2-8-16-13(11)14(18)17-9-5-12(4-7-15)6-10-17/h2-3,8,12H,4-7,9-10,15H2,1H3. The zero-order valence-corrected chi connectivity index (χ0v) is 10.9. The van der Waals surface area contributed by atoms with Crippen LogP contribution in [-0.4, -0.2) is 35.4 Å². The first-order chi connectivity index (χ1) is 8.72. The van der Waals surface area contributed by atoms with Crippen LogP contribution in [0.5, 0.6) is 0 Å². The highest BCUT2D eigenvalue weighted by molar-refractivity contribution is 5.93. The predicted octanol–water partition coefficient (Wildman–Crippen LogP) is 1.59. The van der Waals surface area contributed by atoms with Gasteiger partial charge in [0.15, 0.2) is 0 Å². The fraction of sp³-hybridized carbons (Fsp3) is 0.571. The maximum atomic E-state index is 12.3. The first kappa shape index (κ1) is 13.0. The van der Waals surface area contributed by atoms with Crippen LogP contribution >= 0.6 is 0 Å². The fourth-order valence-corrected chi connectivity index (χ4v) is 2.52. The monoisotopic (exact) mass is 247 g/mol. The number of hydrogen-bond acceptors (Lipinski definition) is 3. The quantitative estimate of drug-likeness (QED) is 0.882. The molecule has 18 heavy (non-hydrogen) atoms. The molecule has 2 rings (SSSR count). The number of aromatic nitrogens is 1. The summed E-state index contributed by atoms with van der Waals surface area (Å²) in [6, 6.07) is 3.79. The highest BCUT2D eigenvalue weighted by atomic mass is 16.2. The molecule has 4 nitrogen and oxygen atoms in total. The third-order valence-corrected chi connectivity index (χ3v) is 3.69. The van der Waals surface area contributed by atoms with Crippen LogP contribution in [0, 0.1) is 12.8 Å². The molecule has 1 aromatic heterocycles. The van der Waals surface area contributed by atoms with E-state index in [1.165, 1.54) is 0 Å². The third kappa shape index (κ3) is 2.88. The van der Waals surface area contributed by atoms with Gasteiger partial charge in [0, 0.05) is 19.3 Å². The summed E-state index contributed by atoms with van der Waals surface area (Å²) < 4.78 is 0. The zero-order valence-electron chi connectivity index (χ0n) is 10.9. The van der Waals surface area contributed by atoms with E-state index in [0.29, 0.717) is 11.6 Å². The van der Waals surface area contributed by atoms with E-state index in [9.17, 15) is 4.79 Å². The number of nitrogens with zero attached hydrogens (tertiary/aromatic N) is 2. The Labute approximate surface area is 108 Å². The number of carbonyl (C=O) groups is 1. The average molecular weight is 247 g/mol. The van der Waals surface area contributed by atoms with Crippen molar-refractivity contribution >= 4 is 5.91 Å². The van der Waals surface area contributed by atoms with Crippen molar-refractivity contribution in [3.8, 4) is 0 Å². The van der Waals surface area contributed by atoms with E-state index in [1.807, 2.05) is 24.0 Å². The van der Waals surface area contributed by atoms with E-state index in [-0.39, 0.29) is 5.91 Å². The second-order valence-electron chi connectivity index (χ2n) is 4.98. The Balaban J connectivity index is 1.98. The number of amides is 1. The van der Waals surface area contributed by atoms with E-state index in [1.54, 1.807) is 6.20 Å². The molecule has 1 amide bonds. The Kier molecular flexibility index (Phi) is 4.31. The molecule has 1 aliphatic heterocycles. The number of carbonyl (C=O) groups excluding carboxylic acids is 1. The van der Waals surface area contributed by atoms with Crippen molar-refractivity contribution in [3.05, 3.63) is 29.6 Å². The van der Waals surface area contributed by atoms with Gasteiger partial charge in [-0.25, -0.2) is 0 Å². The number of likely N-dealkylation sites (tertiary alicyclic amines) is 1. The molecular weight excluding hydrogens is 226 g/mol. The van der Waals surface area contributed by atoms with Gasteiger partial charge in [-0.2, -0.15) is 0 Å². The molecule has 0 bridgehead atoms. The normalized spacial score (nSPS) is 16.9. The van der Waals surface area contributed by atoms with Crippen LogP contribution in [0.2, 0.25) is 0 Å². The number of rotatable bonds is 3. The van der Waals surface area contributed by atoms with E-state index in [0.717, 1.165) is 44.5 Å². The first-order valence-corrected chi connectivity index (χ1v) is 6.63. The summed E-state index contributed by atoms with van der Waals surface area (Å²) in [7, 11) is 0. The number of pyridine rings is 1. The fourth-order valence-electron chi connectivity index (χ4n) is 2.52. The van der Waals surface area contributed by atoms with Gasteiger partial charge in [-0.3, -0.25) is 9.78 Å². The van der Waals surface area contributed by atoms with Gasteiger partial charge >= 0.3 is 0 Å². The molecule has 0 aromatic carbocycles. The molecule has 0 unspecified atom stereocenters. The van der Waals surface area contributed by atoms with Gasteiger partial charge in [-0.15, -0.1) is 0 Å². The Bertz CT molecular complexity index is 411. The predicted molar refractivity (Wildman–Crippen MR) is 71.3 cm³/mol. The lowest BCUT2D eigenvalue weighted by Gasteiger charge is -2.31. The summed E-state index contributed by atoms with van der Waals surface area (Å²) in [5.74, 6) is 0.753. The van der Waals surface area contributed by atoms with Crippen LogP contribution in [0.4, 0.5) is 0 Å². The molecule has 0 atom stereocenters. The zero-order chi connectivity index (χ0) is 13.0. The summed E-state index contributed by atoms with van der Waals surface area (Å²) in [6.07, 6.45) is 4.88. The maximum absolute atomic E-state index is 12.3. The van der Waals surface area contributed by atoms with Gasteiger partial charge in [-0.05, 0) is 50.3 Å². The van der Waals surface area contributed by atoms with Crippen molar-refractivity contribution in [2.75, 3.05) is 19.6 Å². The van der Waals surface area contributed by atoms with Crippen molar-refractivity contribution in [1.82, 2.24) is 9.88 Å². The molecule has 2 heterocycles. The number of nitrogens with two attached hydrogens (primary N) is 1. The summed E-state index contributed by atoms with van der Waals surface area (Å²) in [6.45, 7) is 4.35. The Morgan fingerprint density at radius 3 is 2.83 bits per heavy atom. The first-order valence-electron chi connectivity index (χ1n) is 6.63. The molecule has 1 saturated heterocycles. The van der Waals surface area contributed by atoms with Crippen LogP contribution in [0.25, 0.3) is 0 Å². The number of aryl methyl sites for hydroxylation is 1. The average Bonchev–Trinajstić information content (AvgIpc) is 2.40. The lowest BCUT2D eigenvalue weighted by atomic mass is 9.93. The van der Waals surface area contributed by atoms with Crippen molar-refractivity contribution in [2.24, 2.45) is 11.7 Å². The Morgan fingerprint density at radius 2 is 2.22 bits per heavy atom. The van der Waals surface area contributed by atoms with E-state index in [4.69, 9.17) is 5.73 Å². The molecular formula is C14H21N3O. The second-order valence-corrected chi connectivity index (χ2v) is 4.98.